The minimum absolute atomic E-state index is 0.0247. The van der Waals surface area contributed by atoms with Crippen molar-refractivity contribution in [2.75, 3.05) is 6.79 Å². The van der Waals surface area contributed by atoms with E-state index in [1.807, 2.05) is 6.07 Å². The fourth-order valence-corrected chi connectivity index (χ4v) is 3.03. The molecule has 2 aliphatic rings. The highest BCUT2D eigenvalue weighted by atomic mass is 16.7. The summed E-state index contributed by atoms with van der Waals surface area (Å²) >= 11 is 0. The molecule has 1 saturated carbocycles. The van der Waals surface area contributed by atoms with Crippen molar-refractivity contribution < 1.29 is 23.7 Å². The van der Waals surface area contributed by atoms with Crippen molar-refractivity contribution in [1.29, 1.82) is 0 Å². The first-order valence-corrected chi connectivity index (χ1v) is 8.26. The van der Waals surface area contributed by atoms with Crippen molar-refractivity contribution in [3.63, 3.8) is 0 Å². The van der Waals surface area contributed by atoms with E-state index in [2.05, 4.69) is 20.8 Å². The van der Waals surface area contributed by atoms with Gasteiger partial charge in [0.1, 0.15) is 11.9 Å². The number of rotatable bonds is 2. The maximum atomic E-state index is 12.1. The molecule has 0 bridgehead atoms. The van der Waals surface area contributed by atoms with Crippen molar-refractivity contribution in [1.82, 2.24) is 0 Å². The summed E-state index contributed by atoms with van der Waals surface area (Å²) in [6, 6.07) is 3.59. The number of carbonyl (C=O) groups is 1. The summed E-state index contributed by atoms with van der Waals surface area (Å²) in [4.78, 5) is 12.1. The van der Waals surface area contributed by atoms with E-state index in [9.17, 15) is 4.79 Å². The van der Waals surface area contributed by atoms with E-state index >= 15 is 0 Å². The first-order valence-electron chi connectivity index (χ1n) is 8.26. The zero-order chi connectivity index (χ0) is 16.4. The number of benzene rings is 1. The summed E-state index contributed by atoms with van der Waals surface area (Å²) in [7, 11) is 0. The van der Waals surface area contributed by atoms with Crippen LogP contribution >= 0.6 is 0 Å². The predicted molar refractivity (Wildman–Crippen MR) is 85.2 cm³/mol. The summed E-state index contributed by atoms with van der Waals surface area (Å²) in [6.45, 7) is 6.37. The first-order chi connectivity index (χ1) is 10.9. The van der Waals surface area contributed by atoms with Gasteiger partial charge in [0, 0.05) is 11.6 Å². The molecule has 0 radical (unpaired) electrons. The van der Waals surface area contributed by atoms with Crippen LogP contribution in [0, 0.1) is 0 Å². The zero-order valence-corrected chi connectivity index (χ0v) is 14.0. The Labute approximate surface area is 136 Å². The molecular formula is C18H24O5. The average molecular weight is 320 g/mol. The molecule has 1 aromatic rings. The van der Waals surface area contributed by atoms with Gasteiger partial charge in [0.15, 0.2) is 11.5 Å². The van der Waals surface area contributed by atoms with Gasteiger partial charge in [-0.3, -0.25) is 0 Å². The van der Waals surface area contributed by atoms with Crippen LogP contribution in [0.5, 0.6) is 17.2 Å². The van der Waals surface area contributed by atoms with E-state index < -0.39 is 6.16 Å². The highest BCUT2D eigenvalue weighted by Crippen LogP contribution is 2.42. The van der Waals surface area contributed by atoms with Crippen LogP contribution < -0.4 is 14.2 Å². The van der Waals surface area contributed by atoms with Crippen LogP contribution in [-0.4, -0.2) is 19.1 Å². The molecule has 1 fully saturated rings. The third-order valence-electron chi connectivity index (χ3n) is 4.29. The van der Waals surface area contributed by atoms with Crippen LogP contribution in [0.1, 0.15) is 58.4 Å². The third kappa shape index (κ3) is 3.71. The predicted octanol–water partition coefficient (Wildman–Crippen LogP) is 4.56. The summed E-state index contributed by atoms with van der Waals surface area (Å²) in [5.74, 6) is 1.75. The minimum Gasteiger partial charge on any atom is -0.454 e. The Morgan fingerprint density at radius 1 is 1.09 bits per heavy atom. The van der Waals surface area contributed by atoms with E-state index in [1.54, 1.807) is 6.07 Å². The molecule has 1 aliphatic heterocycles. The van der Waals surface area contributed by atoms with Crippen LogP contribution in [0.3, 0.4) is 0 Å². The molecule has 126 valence electrons. The normalized spacial score (nSPS) is 17.9. The molecule has 0 atom stereocenters. The maximum absolute atomic E-state index is 12.1. The number of hydrogen-bond donors (Lipinski definition) is 0. The van der Waals surface area contributed by atoms with E-state index in [0.29, 0.717) is 17.2 Å². The van der Waals surface area contributed by atoms with Crippen molar-refractivity contribution in [2.45, 2.75) is 64.4 Å². The zero-order valence-electron chi connectivity index (χ0n) is 14.0. The Bertz CT molecular complexity index is 582. The van der Waals surface area contributed by atoms with Crippen LogP contribution in [0.4, 0.5) is 4.79 Å². The summed E-state index contributed by atoms with van der Waals surface area (Å²) < 4.78 is 21.8. The van der Waals surface area contributed by atoms with Gasteiger partial charge in [-0.15, -0.1) is 0 Å². The standard InChI is InChI=1S/C18H24O5/c1-18(2,3)13-9-15-16(21-11-20-15)10-14(13)23-17(19)22-12-7-5-4-6-8-12/h9-10,12H,4-8,11H2,1-3H3. The minimum atomic E-state index is -0.638. The van der Waals surface area contributed by atoms with Crippen LogP contribution in [0.15, 0.2) is 12.1 Å². The Morgan fingerprint density at radius 2 is 1.74 bits per heavy atom. The van der Waals surface area contributed by atoms with Gasteiger partial charge < -0.3 is 18.9 Å². The molecule has 23 heavy (non-hydrogen) atoms. The fraction of sp³-hybridized carbons (Fsp3) is 0.611. The van der Waals surface area contributed by atoms with Gasteiger partial charge >= 0.3 is 6.16 Å². The lowest BCUT2D eigenvalue weighted by Gasteiger charge is -2.24. The van der Waals surface area contributed by atoms with Gasteiger partial charge in [-0.25, -0.2) is 4.79 Å². The topological polar surface area (TPSA) is 54.0 Å². The molecule has 1 heterocycles. The molecule has 1 aromatic carbocycles. The van der Waals surface area contributed by atoms with Crippen molar-refractivity contribution >= 4 is 6.16 Å². The van der Waals surface area contributed by atoms with Crippen LogP contribution in [-0.2, 0) is 10.2 Å². The lowest BCUT2D eigenvalue weighted by atomic mass is 9.86. The van der Waals surface area contributed by atoms with Gasteiger partial charge in [0.05, 0.1) is 0 Å². The average Bonchev–Trinajstić information content (AvgIpc) is 2.93. The number of carbonyl (C=O) groups excluding carboxylic acids is 1. The molecule has 0 saturated heterocycles. The van der Waals surface area contributed by atoms with Crippen molar-refractivity contribution in [2.24, 2.45) is 0 Å². The van der Waals surface area contributed by atoms with Gasteiger partial charge in [-0.05, 0) is 37.2 Å². The number of ether oxygens (including phenoxy) is 4. The SMILES string of the molecule is CC(C)(C)c1cc2c(cc1OC(=O)OC1CCCCC1)OCO2. The molecule has 0 amide bonds. The molecule has 0 N–H and O–H groups in total. The molecule has 3 rings (SSSR count). The van der Waals surface area contributed by atoms with E-state index in [1.165, 1.54) is 6.42 Å². The monoisotopic (exact) mass is 320 g/mol. The summed E-state index contributed by atoms with van der Waals surface area (Å²) in [5.41, 5.74) is 0.698. The molecule has 1 aliphatic carbocycles. The first kappa shape index (κ1) is 16.0. The van der Waals surface area contributed by atoms with Gasteiger partial charge in [-0.1, -0.05) is 27.2 Å². The second-order valence-electron chi connectivity index (χ2n) is 7.18. The van der Waals surface area contributed by atoms with E-state index in [4.69, 9.17) is 18.9 Å². The summed E-state index contributed by atoms with van der Waals surface area (Å²) in [6.07, 6.45) is 4.60. The molecule has 5 nitrogen and oxygen atoms in total. The fourth-order valence-electron chi connectivity index (χ4n) is 3.03. The third-order valence-corrected chi connectivity index (χ3v) is 4.29. The quantitative estimate of drug-likeness (QED) is 0.590. The summed E-state index contributed by atoms with van der Waals surface area (Å²) in [5, 5.41) is 0. The lowest BCUT2D eigenvalue weighted by molar-refractivity contribution is 0.0413. The number of fused-ring (bicyclic) bond motifs is 1. The highest BCUT2D eigenvalue weighted by Gasteiger charge is 2.27. The maximum Gasteiger partial charge on any atom is 0.514 e. The second kappa shape index (κ2) is 6.30. The molecule has 0 aromatic heterocycles. The Kier molecular flexibility index (Phi) is 4.37. The Morgan fingerprint density at radius 3 is 2.39 bits per heavy atom. The smallest absolute Gasteiger partial charge is 0.454 e. The lowest BCUT2D eigenvalue weighted by Crippen LogP contribution is -2.24. The second-order valence-corrected chi connectivity index (χ2v) is 7.18. The highest BCUT2D eigenvalue weighted by molar-refractivity contribution is 5.66. The Balaban J connectivity index is 1.77. The van der Waals surface area contributed by atoms with E-state index in [0.717, 1.165) is 31.2 Å². The molecule has 5 heteroatoms. The van der Waals surface area contributed by atoms with Gasteiger partial charge in [0.25, 0.3) is 0 Å². The van der Waals surface area contributed by atoms with E-state index in [-0.39, 0.29) is 18.3 Å². The Hall–Kier alpha value is -1.91. The van der Waals surface area contributed by atoms with Crippen LogP contribution in [0.25, 0.3) is 0 Å². The number of hydrogen-bond acceptors (Lipinski definition) is 5. The molecule has 0 spiro atoms. The molecular weight excluding hydrogens is 296 g/mol. The van der Waals surface area contributed by atoms with Gasteiger partial charge in [-0.2, -0.15) is 0 Å². The van der Waals surface area contributed by atoms with Crippen molar-refractivity contribution in [3.8, 4) is 17.2 Å². The largest absolute Gasteiger partial charge is 0.514 e. The van der Waals surface area contributed by atoms with Gasteiger partial charge in [0.2, 0.25) is 6.79 Å². The molecule has 0 unspecified atom stereocenters. The van der Waals surface area contributed by atoms with Crippen molar-refractivity contribution in [3.05, 3.63) is 17.7 Å². The van der Waals surface area contributed by atoms with Crippen LogP contribution in [0.2, 0.25) is 0 Å².